The zero-order chi connectivity index (χ0) is 11.4. The van der Waals surface area contributed by atoms with Crippen LogP contribution < -0.4 is 0 Å². The molecule has 0 spiro atoms. The van der Waals surface area contributed by atoms with Crippen molar-refractivity contribution in [2.45, 2.75) is 11.2 Å². The Morgan fingerprint density at radius 3 is 2.19 bits per heavy atom. The van der Waals surface area contributed by atoms with Gasteiger partial charge in [0.25, 0.3) is 0 Å². The van der Waals surface area contributed by atoms with Crippen LogP contribution in [0.4, 0.5) is 4.39 Å². The van der Waals surface area contributed by atoms with E-state index < -0.39 is 0 Å². The van der Waals surface area contributed by atoms with Crippen molar-refractivity contribution in [1.29, 1.82) is 0 Å². The molecule has 0 heterocycles. The zero-order valence-corrected chi connectivity index (χ0v) is 10.3. The first-order chi connectivity index (χ1) is 7.75. The summed E-state index contributed by atoms with van der Waals surface area (Å²) >= 11 is 3.62. The van der Waals surface area contributed by atoms with E-state index in [2.05, 4.69) is 28.1 Å². The van der Waals surface area contributed by atoms with E-state index in [-0.39, 0.29) is 10.6 Å². The smallest absolute Gasteiger partial charge is 0.123 e. The van der Waals surface area contributed by atoms with Gasteiger partial charge in [0.2, 0.25) is 0 Å². The van der Waals surface area contributed by atoms with Crippen molar-refractivity contribution in [3.8, 4) is 0 Å². The van der Waals surface area contributed by atoms with Crippen molar-refractivity contribution < 1.29 is 4.39 Å². The molecule has 2 rings (SSSR count). The molecule has 0 fully saturated rings. The molecule has 2 heteroatoms. The topological polar surface area (TPSA) is 0 Å². The Labute approximate surface area is 103 Å². The predicted octanol–water partition coefficient (Wildman–Crippen LogP) is 4.50. The van der Waals surface area contributed by atoms with Crippen molar-refractivity contribution in [3.05, 3.63) is 71.5 Å². The third kappa shape index (κ3) is 2.92. The Morgan fingerprint density at radius 2 is 1.56 bits per heavy atom. The molecule has 0 bridgehead atoms. The Bertz CT molecular complexity index is 436. The van der Waals surface area contributed by atoms with E-state index in [9.17, 15) is 4.39 Å². The summed E-state index contributed by atoms with van der Waals surface area (Å²) in [5, 5.41) is 0. The molecule has 2 aromatic rings. The molecule has 82 valence electrons. The second-order valence-corrected chi connectivity index (χ2v) is 4.81. The summed E-state index contributed by atoms with van der Waals surface area (Å²) in [4.78, 5) is 0.232. The molecule has 0 aromatic heterocycles. The SMILES string of the molecule is Fc1ccc(C(Br)Cc2ccccc2)cc1. The first-order valence-electron chi connectivity index (χ1n) is 5.19. The van der Waals surface area contributed by atoms with Crippen LogP contribution in [0.3, 0.4) is 0 Å². The Hall–Kier alpha value is -1.15. The Kier molecular flexibility index (Phi) is 3.73. The maximum absolute atomic E-state index is 12.8. The van der Waals surface area contributed by atoms with Gasteiger partial charge in [-0.25, -0.2) is 4.39 Å². The van der Waals surface area contributed by atoms with Gasteiger partial charge < -0.3 is 0 Å². The van der Waals surface area contributed by atoms with Gasteiger partial charge in [0.05, 0.1) is 0 Å². The van der Waals surface area contributed by atoms with E-state index in [0.29, 0.717) is 0 Å². The zero-order valence-electron chi connectivity index (χ0n) is 8.74. The molecular weight excluding hydrogens is 267 g/mol. The number of benzene rings is 2. The second kappa shape index (κ2) is 5.26. The average molecular weight is 279 g/mol. The van der Waals surface area contributed by atoms with Crippen LogP contribution in [-0.2, 0) is 6.42 Å². The maximum Gasteiger partial charge on any atom is 0.123 e. The molecule has 1 atom stereocenters. The minimum absolute atomic E-state index is 0.192. The summed E-state index contributed by atoms with van der Waals surface area (Å²) in [6, 6.07) is 16.9. The van der Waals surface area contributed by atoms with Gasteiger partial charge in [0, 0.05) is 4.83 Å². The van der Waals surface area contributed by atoms with Crippen LogP contribution in [-0.4, -0.2) is 0 Å². The molecule has 0 aliphatic carbocycles. The Balaban J connectivity index is 2.09. The molecule has 1 unspecified atom stereocenters. The molecule has 2 aromatic carbocycles. The molecule has 0 nitrogen and oxygen atoms in total. The van der Waals surface area contributed by atoms with Gasteiger partial charge >= 0.3 is 0 Å². The fraction of sp³-hybridized carbons (Fsp3) is 0.143. The van der Waals surface area contributed by atoms with E-state index in [4.69, 9.17) is 0 Å². The third-order valence-corrected chi connectivity index (χ3v) is 3.34. The molecule has 0 amide bonds. The van der Waals surface area contributed by atoms with Gasteiger partial charge in [0.1, 0.15) is 5.82 Å². The van der Waals surface area contributed by atoms with Crippen LogP contribution in [0.25, 0.3) is 0 Å². The molecular formula is C14H12BrF. The van der Waals surface area contributed by atoms with Crippen molar-refractivity contribution in [2.75, 3.05) is 0 Å². The summed E-state index contributed by atoms with van der Waals surface area (Å²) < 4.78 is 12.8. The standard InChI is InChI=1S/C14H12BrF/c15-14(10-11-4-2-1-3-5-11)12-6-8-13(16)9-7-12/h1-9,14H,10H2. The van der Waals surface area contributed by atoms with Crippen molar-refractivity contribution >= 4 is 15.9 Å². The normalized spacial score (nSPS) is 12.4. The minimum atomic E-state index is -0.192. The number of halogens is 2. The van der Waals surface area contributed by atoms with Gasteiger partial charge in [-0.1, -0.05) is 58.4 Å². The highest BCUT2D eigenvalue weighted by Gasteiger charge is 2.07. The number of hydrogen-bond acceptors (Lipinski definition) is 0. The Morgan fingerprint density at radius 1 is 0.938 bits per heavy atom. The van der Waals surface area contributed by atoms with E-state index >= 15 is 0 Å². The first-order valence-corrected chi connectivity index (χ1v) is 6.11. The van der Waals surface area contributed by atoms with E-state index in [0.717, 1.165) is 12.0 Å². The lowest BCUT2D eigenvalue weighted by atomic mass is 10.0. The van der Waals surface area contributed by atoms with E-state index in [1.54, 1.807) is 0 Å². The fourth-order valence-corrected chi connectivity index (χ4v) is 2.29. The second-order valence-electron chi connectivity index (χ2n) is 3.71. The lowest BCUT2D eigenvalue weighted by Crippen LogP contribution is -1.95. The summed E-state index contributed by atoms with van der Waals surface area (Å²) in [5.41, 5.74) is 2.37. The quantitative estimate of drug-likeness (QED) is 0.725. The summed E-state index contributed by atoms with van der Waals surface area (Å²) in [7, 11) is 0. The van der Waals surface area contributed by atoms with Gasteiger partial charge in [-0.2, -0.15) is 0 Å². The number of hydrogen-bond donors (Lipinski definition) is 0. The van der Waals surface area contributed by atoms with Crippen LogP contribution in [0.15, 0.2) is 54.6 Å². The first kappa shape index (κ1) is 11.3. The van der Waals surface area contributed by atoms with Gasteiger partial charge in [-0.15, -0.1) is 0 Å². The van der Waals surface area contributed by atoms with Crippen molar-refractivity contribution in [3.63, 3.8) is 0 Å². The van der Waals surface area contributed by atoms with E-state index in [1.165, 1.54) is 17.7 Å². The van der Waals surface area contributed by atoms with Crippen LogP contribution in [0.2, 0.25) is 0 Å². The van der Waals surface area contributed by atoms with Gasteiger partial charge in [-0.3, -0.25) is 0 Å². The average Bonchev–Trinajstić information content (AvgIpc) is 2.31. The highest BCUT2D eigenvalue weighted by molar-refractivity contribution is 9.09. The molecule has 0 saturated heterocycles. The highest BCUT2D eigenvalue weighted by Crippen LogP contribution is 2.26. The number of rotatable bonds is 3. The fourth-order valence-electron chi connectivity index (χ4n) is 1.61. The summed E-state index contributed by atoms with van der Waals surface area (Å²) in [6.45, 7) is 0. The predicted molar refractivity (Wildman–Crippen MR) is 68.2 cm³/mol. The monoisotopic (exact) mass is 278 g/mol. The minimum Gasteiger partial charge on any atom is -0.207 e. The highest BCUT2D eigenvalue weighted by atomic mass is 79.9. The maximum atomic E-state index is 12.8. The van der Waals surface area contributed by atoms with Crippen molar-refractivity contribution in [2.24, 2.45) is 0 Å². The lowest BCUT2D eigenvalue weighted by Gasteiger charge is -2.10. The van der Waals surface area contributed by atoms with Crippen LogP contribution in [0.5, 0.6) is 0 Å². The molecule has 0 N–H and O–H groups in total. The van der Waals surface area contributed by atoms with Gasteiger partial charge in [-0.05, 0) is 29.7 Å². The number of alkyl halides is 1. The van der Waals surface area contributed by atoms with Crippen molar-refractivity contribution in [1.82, 2.24) is 0 Å². The van der Waals surface area contributed by atoms with Crippen LogP contribution >= 0.6 is 15.9 Å². The molecule has 0 aliphatic rings. The summed E-state index contributed by atoms with van der Waals surface area (Å²) in [6.07, 6.45) is 0.909. The third-order valence-electron chi connectivity index (χ3n) is 2.49. The van der Waals surface area contributed by atoms with Crippen LogP contribution in [0, 0.1) is 5.82 Å². The molecule has 0 saturated carbocycles. The molecule has 0 aliphatic heterocycles. The molecule has 0 radical (unpaired) electrons. The van der Waals surface area contributed by atoms with Crippen LogP contribution in [0.1, 0.15) is 16.0 Å². The molecule has 16 heavy (non-hydrogen) atoms. The largest absolute Gasteiger partial charge is 0.207 e. The summed E-state index contributed by atoms with van der Waals surface area (Å²) in [5.74, 6) is -0.192. The van der Waals surface area contributed by atoms with E-state index in [1.807, 2.05) is 30.3 Å². The lowest BCUT2D eigenvalue weighted by molar-refractivity contribution is 0.627. The van der Waals surface area contributed by atoms with Gasteiger partial charge in [0.15, 0.2) is 0 Å².